The number of aliphatic hydroxyl groups excluding tert-OH is 5. The number of nitrogens with one attached hydrogen (secondary N) is 2. The van der Waals surface area contributed by atoms with E-state index in [0.29, 0.717) is 0 Å². The Labute approximate surface area is 167 Å². The largest absolute Gasteiger partial charge is 0.394 e. The topological polar surface area (TPSA) is 159 Å². The summed E-state index contributed by atoms with van der Waals surface area (Å²) in [6.45, 7) is 10.1. The Hall–Kier alpha value is -1.10. The summed E-state index contributed by atoms with van der Waals surface area (Å²) < 4.78 is 0. The van der Waals surface area contributed by atoms with E-state index in [0.717, 1.165) is 0 Å². The molecule has 0 heterocycles. The third-order valence-corrected chi connectivity index (χ3v) is 4.16. The molecule has 0 aromatic rings. The molecule has 0 aliphatic heterocycles. The molecule has 28 heavy (non-hydrogen) atoms. The van der Waals surface area contributed by atoms with E-state index in [1.165, 1.54) is 0 Å². The predicted octanol–water partition coefficient (Wildman–Crippen LogP) is -1.31. The maximum atomic E-state index is 12.6. The minimum Gasteiger partial charge on any atom is -0.394 e. The van der Waals surface area contributed by atoms with Crippen LogP contribution in [0.15, 0.2) is 0 Å². The quantitative estimate of drug-likeness (QED) is 0.223. The van der Waals surface area contributed by atoms with Crippen molar-refractivity contribution in [1.82, 2.24) is 10.6 Å². The number of ketones is 1. The summed E-state index contributed by atoms with van der Waals surface area (Å²) in [5.74, 6) is -0.433. The number of amides is 1. The summed E-state index contributed by atoms with van der Waals surface area (Å²) in [6, 6.07) is -0.511. The van der Waals surface area contributed by atoms with Crippen molar-refractivity contribution in [1.29, 1.82) is 0 Å². The fraction of sp³-hybridized carbons (Fsp3) is 0.895. The molecule has 1 amide bonds. The highest BCUT2D eigenvalue weighted by Crippen LogP contribution is 2.20. The van der Waals surface area contributed by atoms with Gasteiger partial charge >= 0.3 is 0 Å². The first-order valence-corrected chi connectivity index (χ1v) is 9.52. The van der Waals surface area contributed by atoms with E-state index >= 15 is 0 Å². The molecule has 0 radical (unpaired) electrons. The number of carbonyl (C=O) groups excluding carboxylic acids is 2. The van der Waals surface area contributed by atoms with Gasteiger partial charge < -0.3 is 36.2 Å². The highest BCUT2D eigenvalue weighted by atomic mass is 16.4. The third kappa shape index (κ3) is 9.90. The van der Waals surface area contributed by atoms with E-state index < -0.39 is 48.4 Å². The first-order chi connectivity index (χ1) is 12.6. The monoisotopic (exact) mass is 406 g/mol. The van der Waals surface area contributed by atoms with Gasteiger partial charge in [-0.05, 0) is 27.2 Å². The van der Waals surface area contributed by atoms with Crippen LogP contribution in [-0.2, 0) is 9.59 Å². The van der Waals surface area contributed by atoms with Gasteiger partial charge in [0.15, 0.2) is 5.78 Å². The lowest BCUT2D eigenvalue weighted by Gasteiger charge is -2.31. The van der Waals surface area contributed by atoms with Gasteiger partial charge in [-0.3, -0.25) is 9.59 Å². The molecule has 0 aliphatic rings. The third-order valence-electron chi connectivity index (χ3n) is 4.16. The maximum absolute atomic E-state index is 12.6. The Kier molecular flexibility index (Phi) is 10.7. The summed E-state index contributed by atoms with van der Waals surface area (Å²) in [6.07, 6.45) is -6.32. The van der Waals surface area contributed by atoms with Crippen molar-refractivity contribution in [2.24, 2.45) is 5.41 Å². The molecule has 9 nitrogen and oxygen atoms in total. The molecule has 0 bridgehead atoms. The van der Waals surface area contributed by atoms with Gasteiger partial charge in [-0.15, -0.1) is 0 Å². The van der Waals surface area contributed by atoms with Crippen molar-refractivity contribution in [3.8, 4) is 0 Å². The Morgan fingerprint density at radius 1 is 0.893 bits per heavy atom. The molecule has 0 aromatic heterocycles. The average molecular weight is 407 g/mol. The van der Waals surface area contributed by atoms with Gasteiger partial charge in [0.1, 0.15) is 18.3 Å². The number of hydrogen-bond donors (Lipinski definition) is 7. The van der Waals surface area contributed by atoms with Crippen LogP contribution in [0, 0.1) is 5.41 Å². The van der Waals surface area contributed by atoms with E-state index in [2.05, 4.69) is 10.6 Å². The summed E-state index contributed by atoms with van der Waals surface area (Å²) >= 11 is 0. The fourth-order valence-electron chi connectivity index (χ4n) is 2.58. The van der Waals surface area contributed by atoms with E-state index in [-0.39, 0.29) is 30.7 Å². The second-order valence-electron chi connectivity index (χ2n) is 9.20. The van der Waals surface area contributed by atoms with Crippen molar-refractivity contribution in [2.75, 3.05) is 13.2 Å². The molecule has 0 spiro atoms. The molecular formula is C19H38N2O7. The van der Waals surface area contributed by atoms with Crippen molar-refractivity contribution in [3.05, 3.63) is 0 Å². The van der Waals surface area contributed by atoms with Crippen LogP contribution in [0.2, 0.25) is 0 Å². The number of carbonyl (C=O) groups is 2. The minimum atomic E-state index is -1.75. The van der Waals surface area contributed by atoms with E-state index in [1.807, 2.05) is 41.5 Å². The van der Waals surface area contributed by atoms with E-state index in [4.69, 9.17) is 5.11 Å². The van der Waals surface area contributed by atoms with Gasteiger partial charge in [0.2, 0.25) is 5.91 Å². The number of Topliss-reactive ketones (excluding diaryl/α,β-unsaturated/α-hetero) is 1. The van der Waals surface area contributed by atoms with Crippen molar-refractivity contribution < 1.29 is 35.1 Å². The SMILES string of the molecule is CC(C)(C)N[C@H](CCC(=O)NC[C@H](O)[C@@H](O)[C@H](O)[C@H](O)CO)C(=O)C(C)(C)C. The zero-order valence-corrected chi connectivity index (χ0v) is 17.8. The smallest absolute Gasteiger partial charge is 0.220 e. The van der Waals surface area contributed by atoms with Crippen LogP contribution >= 0.6 is 0 Å². The van der Waals surface area contributed by atoms with Crippen LogP contribution in [-0.4, -0.2) is 86.4 Å². The molecule has 0 fully saturated rings. The summed E-state index contributed by atoms with van der Waals surface area (Å²) in [5.41, 5.74) is -0.880. The van der Waals surface area contributed by atoms with Gasteiger partial charge in [-0.1, -0.05) is 20.8 Å². The summed E-state index contributed by atoms with van der Waals surface area (Å²) in [7, 11) is 0. The number of aliphatic hydroxyl groups is 5. The van der Waals surface area contributed by atoms with E-state index in [1.54, 1.807) is 0 Å². The molecule has 166 valence electrons. The zero-order chi connectivity index (χ0) is 22.3. The number of rotatable bonds is 11. The minimum absolute atomic E-state index is 0.00760. The van der Waals surface area contributed by atoms with Crippen molar-refractivity contribution in [2.45, 2.75) is 90.4 Å². The van der Waals surface area contributed by atoms with Crippen molar-refractivity contribution >= 4 is 11.7 Å². The van der Waals surface area contributed by atoms with Crippen LogP contribution in [0.25, 0.3) is 0 Å². The molecule has 0 aliphatic carbocycles. The highest BCUT2D eigenvalue weighted by molar-refractivity contribution is 5.89. The molecule has 9 heteroatoms. The second-order valence-corrected chi connectivity index (χ2v) is 9.20. The molecule has 7 N–H and O–H groups in total. The Bertz CT molecular complexity index is 499. The number of hydrogen-bond acceptors (Lipinski definition) is 8. The van der Waals surface area contributed by atoms with E-state index in [9.17, 15) is 30.0 Å². The van der Waals surface area contributed by atoms with Crippen LogP contribution in [0.4, 0.5) is 0 Å². The lowest BCUT2D eigenvalue weighted by atomic mass is 9.84. The Balaban J connectivity index is 4.68. The van der Waals surface area contributed by atoms with Crippen LogP contribution < -0.4 is 10.6 Å². The first-order valence-electron chi connectivity index (χ1n) is 9.52. The Morgan fingerprint density at radius 3 is 1.82 bits per heavy atom. The summed E-state index contributed by atoms with van der Waals surface area (Å²) in [5, 5.41) is 52.8. The fourth-order valence-corrected chi connectivity index (χ4v) is 2.58. The molecular weight excluding hydrogens is 368 g/mol. The zero-order valence-electron chi connectivity index (χ0n) is 17.8. The van der Waals surface area contributed by atoms with Gasteiger partial charge in [-0.25, -0.2) is 0 Å². The summed E-state index contributed by atoms with van der Waals surface area (Å²) in [4.78, 5) is 24.7. The molecule has 0 aromatic carbocycles. The van der Waals surface area contributed by atoms with Crippen LogP contribution in [0.5, 0.6) is 0 Å². The standard InChI is InChI=1S/C19H38N2O7/c1-18(2,3)17(28)11(21-19(4,5)6)7-8-14(25)20-9-12(23)15(26)16(27)13(24)10-22/h11-13,15-16,21-24,26-27H,7-10H2,1-6H3,(H,20,25)/t11-,12+,13-,15-,16-/m1/s1. The molecule has 0 saturated carbocycles. The second kappa shape index (κ2) is 11.2. The maximum Gasteiger partial charge on any atom is 0.220 e. The molecule has 0 rings (SSSR count). The molecule has 0 unspecified atom stereocenters. The predicted molar refractivity (Wildman–Crippen MR) is 104 cm³/mol. The Morgan fingerprint density at radius 2 is 1.39 bits per heavy atom. The normalized spacial score (nSPS) is 18.1. The van der Waals surface area contributed by atoms with Gasteiger partial charge in [0, 0.05) is 23.9 Å². The lowest BCUT2D eigenvalue weighted by molar-refractivity contribution is -0.130. The van der Waals surface area contributed by atoms with Gasteiger partial charge in [-0.2, -0.15) is 0 Å². The van der Waals surface area contributed by atoms with Crippen molar-refractivity contribution in [3.63, 3.8) is 0 Å². The molecule has 0 saturated heterocycles. The lowest BCUT2D eigenvalue weighted by Crippen LogP contribution is -2.51. The van der Waals surface area contributed by atoms with Crippen LogP contribution in [0.3, 0.4) is 0 Å². The van der Waals surface area contributed by atoms with Gasteiger partial charge in [0.05, 0.1) is 18.8 Å². The highest BCUT2D eigenvalue weighted by Gasteiger charge is 2.33. The average Bonchev–Trinajstić information content (AvgIpc) is 2.58. The first kappa shape index (κ1) is 26.9. The van der Waals surface area contributed by atoms with Gasteiger partial charge in [0.25, 0.3) is 0 Å². The van der Waals surface area contributed by atoms with Crippen LogP contribution in [0.1, 0.15) is 54.4 Å². The molecule has 5 atom stereocenters.